The van der Waals surface area contributed by atoms with Gasteiger partial charge in [0.05, 0.1) is 5.56 Å². The maximum absolute atomic E-state index is 13.3. The number of hydrogen-bond acceptors (Lipinski definition) is 2. The van der Waals surface area contributed by atoms with E-state index in [9.17, 15) is 18.4 Å². The van der Waals surface area contributed by atoms with Crippen molar-refractivity contribution in [2.75, 3.05) is 0 Å². The number of aliphatic carboxylic acids is 1. The van der Waals surface area contributed by atoms with Crippen LogP contribution in [0.4, 0.5) is 8.78 Å². The van der Waals surface area contributed by atoms with Gasteiger partial charge in [-0.05, 0) is 18.6 Å². The van der Waals surface area contributed by atoms with Crippen molar-refractivity contribution < 1.29 is 23.5 Å². The average Bonchev–Trinajstić information content (AvgIpc) is 2.31. The summed E-state index contributed by atoms with van der Waals surface area (Å²) in [6.45, 7) is 1.75. The van der Waals surface area contributed by atoms with Gasteiger partial charge in [0.25, 0.3) is 5.91 Å². The number of carboxylic acid groups (broad SMARTS) is 1. The second-order valence-electron chi connectivity index (χ2n) is 3.75. The molecule has 0 aliphatic heterocycles. The van der Waals surface area contributed by atoms with Crippen molar-refractivity contribution in [1.29, 1.82) is 0 Å². The van der Waals surface area contributed by atoms with Crippen molar-refractivity contribution in [3.8, 4) is 0 Å². The number of carbonyl (C=O) groups excluding carboxylic acids is 1. The minimum atomic E-state index is -1.28. The predicted octanol–water partition coefficient (Wildman–Crippen LogP) is 1.95. The average molecular weight is 257 g/mol. The van der Waals surface area contributed by atoms with Crippen molar-refractivity contribution in [1.82, 2.24) is 5.32 Å². The number of rotatable bonds is 5. The smallest absolute Gasteiger partial charge is 0.326 e. The molecule has 0 aliphatic rings. The maximum atomic E-state index is 13.3. The van der Waals surface area contributed by atoms with Crippen LogP contribution < -0.4 is 5.32 Å². The van der Waals surface area contributed by atoms with E-state index in [1.807, 2.05) is 0 Å². The number of halogens is 2. The third-order valence-corrected chi connectivity index (χ3v) is 2.38. The van der Waals surface area contributed by atoms with Gasteiger partial charge in [0, 0.05) is 0 Å². The monoisotopic (exact) mass is 257 g/mol. The van der Waals surface area contributed by atoms with Crippen LogP contribution in [0.25, 0.3) is 0 Å². The van der Waals surface area contributed by atoms with Gasteiger partial charge in [0.1, 0.15) is 6.04 Å². The minimum absolute atomic E-state index is 0.220. The van der Waals surface area contributed by atoms with Crippen LogP contribution in [0.5, 0.6) is 0 Å². The Bertz CT molecular complexity index is 463. The first-order valence-corrected chi connectivity index (χ1v) is 5.45. The summed E-state index contributed by atoms with van der Waals surface area (Å²) in [7, 11) is 0. The molecule has 1 rings (SSSR count). The summed E-state index contributed by atoms with van der Waals surface area (Å²) in [6.07, 6.45) is 0.765. The highest BCUT2D eigenvalue weighted by Gasteiger charge is 2.22. The second kappa shape index (κ2) is 6.09. The van der Waals surface area contributed by atoms with Gasteiger partial charge < -0.3 is 10.4 Å². The molecule has 1 amide bonds. The van der Waals surface area contributed by atoms with Gasteiger partial charge >= 0.3 is 5.97 Å². The van der Waals surface area contributed by atoms with E-state index in [1.54, 1.807) is 6.92 Å². The first-order valence-electron chi connectivity index (χ1n) is 5.45. The minimum Gasteiger partial charge on any atom is -0.480 e. The van der Waals surface area contributed by atoms with Gasteiger partial charge in [-0.2, -0.15) is 0 Å². The molecule has 1 aromatic carbocycles. The van der Waals surface area contributed by atoms with Gasteiger partial charge in [-0.25, -0.2) is 13.6 Å². The van der Waals surface area contributed by atoms with Gasteiger partial charge in [-0.1, -0.05) is 19.4 Å². The lowest BCUT2D eigenvalue weighted by atomic mass is 10.1. The van der Waals surface area contributed by atoms with Crippen molar-refractivity contribution in [2.24, 2.45) is 0 Å². The molecule has 0 heterocycles. The van der Waals surface area contributed by atoms with Crippen LogP contribution >= 0.6 is 0 Å². The van der Waals surface area contributed by atoms with E-state index in [1.165, 1.54) is 6.07 Å². The molecule has 0 aliphatic carbocycles. The molecule has 0 bridgehead atoms. The SMILES string of the molecule is CCC[C@@H](NC(=O)c1cccc(F)c1F)C(=O)O. The van der Waals surface area contributed by atoms with Crippen LogP contribution in [0.2, 0.25) is 0 Å². The number of hydrogen-bond donors (Lipinski definition) is 2. The number of carbonyl (C=O) groups is 2. The largest absolute Gasteiger partial charge is 0.480 e. The highest BCUT2D eigenvalue weighted by molar-refractivity contribution is 5.96. The third-order valence-electron chi connectivity index (χ3n) is 2.38. The lowest BCUT2D eigenvalue weighted by Gasteiger charge is -2.13. The van der Waals surface area contributed by atoms with Crippen LogP contribution in [0, 0.1) is 11.6 Å². The molecule has 4 nitrogen and oxygen atoms in total. The van der Waals surface area contributed by atoms with Crippen molar-refractivity contribution in [3.63, 3.8) is 0 Å². The zero-order valence-corrected chi connectivity index (χ0v) is 9.74. The summed E-state index contributed by atoms with van der Waals surface area (Å²) < 4.78 is 26.2. The zero-order valence-electron chi connectivity index (χ0n) is 9.74. The van der Waals surface area contributed by atoms with Gasteiger partial charge in [-0.3, -0.25) is 4.79 Å². The molecular formula is C12H13F2NO3. The summed E-state index contributed by atoms with van der Waals surface area (Å²) in [6, 6.07) is 2.05. The summed E-state index contributed by atoms with van der Waals surface area (Å²) in [4.78, 5) is 22.5. The molecule has 0 unspecified atom stereocenters. The van der Waals surface area contributed by atoms with E-state index in [0.717, 1.165) is 12.1 Å². The Labute approximate surface area is 103 Å². The van der Waals surface area contributed by atoms with Crippen LogP contribution in [0.15, 0.2) is 18.2 Å². The molecule has 0 saturated heterocycles. The standard InChI is InChI=1S/C12H13F2NO3/c1-2-4-9(12(17)18)15-11(16)7-5-3-6-8(13)10(7)14/h3,5-6,9H,2,4H2,1H3,(H,15,16)(H,17,18)/t9-/m1/s1. The number of carboxylic acids is 1. The topological polar surface area (TPSA) is 66.4 Å². The van der Waals surface area contributed by atoms with Gasteiger partial charge in [-0.15, -0.1) is 0 Å². The van der Waals surface area contributed by atoms with Crippen LogP contribution in [0.1, 0.15) is 30.1 Å². The predicted molar refractivity (Wildman–Crippen MR) is 60.2 cm³/mol. The first-order chi connectivity index (χ1) is 8.47. The normalized spacial score (nSPS) is 11.9. The summed E-state index contributed by atoms with van der Waals surface area (Å²) in [5, 5.41) is 11.0. The highest BCUT2D eigenvalue weighted by atomic mass is 19.2. The van der Waals surface area contributed by atoms with Crippen LogP contribution in [-0.2, 0) is 4.79 Å². The fourth-order valence-corrected chi connectivity index (χ4v) is 1.46. The summed E-state index contributed by atoms with van der Waals surface area (Å²) in [5.74, 6) is -4.57. The number of amides is 1. The molecule has 98 valence electrons. The molecule has 2 N–H and O–H groups in total. The Morgan fingerprint density at radius 3 is 2.61 bits per heavy atom. The molecule has 1 atom stereocenters. The molecule has 0 radical (unpaired) electrons. The molecule has 18 heavy (non-hydrogen) atoms. The number of nitrogens with one attached hydrogen (secondary N) is 1. The van der Waals surface area contributed by atoms with Crippen molar-refractivity contribution >= 4 is 11.9 Å². The molecular weight excluding hydrogens is 244 g/mol. The summed E-state index contributed by atoms with van der Waals surface area (Å²) in [5.41, 5.74) is -0.502. The summed E-state index contributed by atoms with van der Waals surface area (Å²) >= 11 is 0. The first kappa shape index (κ1) is 14.1. The van der Waals surface area contributed by atoms with E-state index >= 15 is 0 Å². The highest BCUT2D eigenvalue weighted by Crippen LogP contribution is 2.11. The Kier molecular flexibility index (Phi) is 4.76. The Balaban J connectivity index is 2.87. The second-order valence-corrected chi connectivity index (χ2v) is 3.75. The Morgan fingerprint density at radius 2 is 2.06 bits per heavy atom. The fraction of sp³-hybridized carbons (Fsp3) is 0.333. The van der Waals surface area contributed by atoms with Crippen LogP contribution in [0.3, 0.4) is 0 Å². The zero-order chi connectivity index (χ0) is 13.7. The number of benzene rings is 1. The van der Waals surface area contributed by atoms with E-state index < -0.39 is 35.1 Å². The lowest BCUT2D eigenvalue weighted by Crippen LogP contribution is -2.41. The van der Waals surface area contributed by atoms with E-state index in [-0.39, 0.29) is 6.42 Å². The Morgan fingerprint density at radius 1 is 1.39 bits per heavy atom. The van der Waals surface area contributed by atoms with Gasteiger partial charge in [0.2, 0.25) is 0 Å². The van der Waals surface area contributed by atoms with Crippen LogP contribution in [-0.4, -0.2) is 23.0 Å². The molecule has 6 heteroatoms. The van der Waals surface area contributed by atoms with E-state index in [4.69, 9.17) is 5.11 Å². The third kappa shape index (κ3) is 3.26. The fourth-order valence-electron chi connectivity index (χ4n) is 1.46. The van der Waals surface area contributed by atoms with Gasteiger partial charge in [0.15, 0.2) is 11.6 Å². The lowest BCUT2D eigenvalue weighted by molar-refractivity contribution is -0.139. The molecule has 0 aromatic heterocycles. The Hall–Kier alpha value is -1.98. The van der Waals surface area contributed by atoms with Crippen molar-refractivity contribution in [3.05, 3.63) is 35.4 Å². The molecule has 0 fully saturated rings. The van der Waals surface area contributed by atoms with E-state index in [0.29, 0.717) is 6.42 Å². The quantitative estimate of drug-likeness (QED) is 0.847. The molecule has 1 aromatic rings. The van der Waals surface area contributed by atoms with E-state index in [2.05, 4.69) is 5.32 Å². The maximum Gasteiger partial charge on any atom is 0.326 e. The van der Waals surface area contributed by atoms with Crippen molar-refractivity contribution in [2.45, 2.75) is 25.8 Å². The molecule has 0 spiro atoms. The molecule has 0 saturated carbocycles.